The molecule has 5 heteroatoms. The Balaban J connectivity index is 1.72. The first kappa shape index (κ1) is 19.5. The summed E-state index contributed by atoms with van der Waals surface area (Å²) in [5.41, 5.74) is 4.47. The van der Waals surface area contributed by atoms with E-state index in [0.717, 1.165) is 23.3 Å². The fraction of sp³-hybridized carbons (Fsp3) is 0.120. The zero-order valence-corrected chi connectivity index (χ0v) is 16.9. The average Bonchev–Trinajstić information content (AvgIpc) is 3.18. The molecule has 1 amide bonds. The Hall–Kier alpha value is -3.86. The molecular formula is C25H22N2O3. The van der Waals surface area contributed by atoms with Crippen LogP contribution in [0.4, 0.5) is 5.69 Å². The fourth-order valence-corrected chi connectivity index (χ4v) is 3.47. The van der Waals surface area contributed by atoms with Crippen LogP contribution in [0.25, 0.3) is 16.6 Å². The van der Waals surface area contributed by atoms with E-state index in [0.29, 0.717) is 16.9 Å². The van der Waals surface area contributed by atoms with Crippen LogP contribution in [0.5, 0.6) is 5.75 Å². The van der Waals surface area contributed by atoms with Crippen LogP contribution in [0, 0.1) is 0 Å². The zero-order chi connectivity index (χ0) is 21.1. The Morgan fingerprint density at radius 3 is 2.37 bits per heavy atom. The standard InChI is InChI=1S/C25H22N2O3/c1-3-17-7-11-19(12-8-17)26-25(29)24(28)23-22(16-20-6-4-5-15-27(20)23)18-9-13-21(30-2)14-10-18/h4-16H,3H2,1-2H3,(H,26,29). The number of amides is 1. The quantitative estimate of drug-likeness (QED) is 0.367. The number of rotatable bonds is 6. The molecule has 0 spiro atoms. The van der Waals surface area contributed by atoms with Gasteiger partial charge in [0.05, 0.1) is 7.11 Å². The second-order valence-corrected chi connectivity index (χ2v) is 6.96. The van der Waals surface area contributed by atoms with Gasteiger partial charge in [0.1, 0.15) is 11.4 Å². The number of aromatic nitrogens is 1. The van der Waals surface area contributed by atoms with Crippen molar-refractivity contribution >= 4 is 22.9 Å². The molecule has 2 aromatic heterocycles. The van der Waals surface area contributed by atoms with Crippen molar-refractivity contribution in [2.24, 2.45) is 0 Å². The number of pyridine rings is 1. The minimum Gasteiger partial charge on any atom is -0.497 e. The van der Waals surface area contributed by atoms with Crippen LogP contribution in [-0.4, -0.2) is 23.2 Å². The molecule has 30 heavy (non-hydrogen) atoms. The normalized spacial score (nSPS) is 10.7. The number of carbonyl (C=O) groups is 2. The number of hydrogen-bond acceptors (Lipinski definition) is 3. The molecular weight excluding hydrogens is 376 g/mol. The van der Waals surface area contributed by atoms with Crippen molar-refractivity contribution in [3.8, 4) is 16.9 Å². The first-order valence-corrected chi connectivity index (χ1v) is 9.80. The van der Waals surface area contributed by atoms with Gasteiger partial charge in [-0.05, 0) is 60.0 Å². The molecule has 0 aliphatic carbocycles. The van der Waals surface area contributed by atoms with Crippen LogP contribution < -0.4 is 10.1 Å². The van der Waals surface area contributed by atoms with Crippen LogP contribution in [0.3, 0.4) is 0 Å². The SMILES string of the molecule is CCc1ccc(NC(=O)C(=O)c2c(-c3ccc(OC)cc3)cc3ccccn23)cc1. The lowest BCUT2D eigenvalue weighted by molar-refractivity contribution is -0.112. The highest BCUT2D eigenvalue weighted by Crippen LogP contribution is 2.30. The van der Waals surface area contributed by atoms with E-state index in [1.165, 1.54) is 5.56 Å². The lowest BCUT2D eigenvalue weighted by atomic mass is 10.0. The summed E-state index contributed by atoms with van der Waals surface area (Å²) >= 11 is 0. The second kappa shape index (κ2) is 8.25. The minimum absolute atomic E-state index is 0.332. The Morgan fingerprint density at radius 2 is 1.70 bits per heavy atom. The highest BCUT2D eigenvalue weighted by atomic mass is 16.5. The Morgan fingerprint density at radius 1 is 0.967 bits per heavy atom. The number of benzene rings is 2. The summed E-state index contributed by atoms with van der Waals surface area (Å²) < 4.78 is 6.98. The molecule has 0 bridgehead atoms. The third-order valence-electron chi connectivity index (χ3n) is 5.12. The van der Waals surface area contributed by atoms with Crippen molar-refractivity contribution in [3.63, 3.8) is 0 Å². The summed E-state index contributed by atoms with van der Waals surface area (Å²) in [6.07, 6.45) is 2.70. The van der Waals surface area contributed by atoms with Gasteiger partial charge in [-0.1, -0.05) is 37.3 Å². The number of ether oxygens (including phenoxy) is 1. The summed E-state index contributed by atoms with van der Waals surface area (Å²) in [6.45, 7) is 2.07. The van der Waals surface area contributed by atoms with Crippen molar-refractivity contribution < 1.29 is 14.3 Å². The molecule has 0 saturated heterocycles. The first-order valence-electron chi connectivity index (χ1n) is 9.80. The number of aryl methyl sites for hydroxylation is 1. The maximum Gasteiger partial charge on any atom is 0.298 e. The number of fused-ring (bicyclic) bond motifs is 1. The predicted molar refractivity (Wildman–Crippen MR) is 118 cm³/mol. The molecule has 0 radical (unpaired) electrons. The van der Waals surface area contributed by atoms with Crippen molar-refractivity contribution in [2.45, 2.75) is 13.3 Å². The molecule has 0 saturated carbocycles. The summed E-state index contributed by atoms with van der Waals surface area (Å²) in [4.78, 5) is 26.0. The average molecular weight is 398 g/mol. The smallest absolute Gasteiger partial charge is 0.298 e. The van der Waals surface area contributed by atoms with E-state index in [-0.39, 0.29) is 0 Å². The molecule has 0 unspecified atom stereocenters. The summed E-state index contributed by atoms with van der Waals surface area (Å²) in [7, 11) is 1.61. The number of anilines is 1. The maximum atomic E-state index is 13.2. The van der Waals surface area contributed by atoms with Crippen LogP contribution in [0.2, 0.25) is 0 Å². The highest BCUT2D eigenvalue weighted by Gasteiger charge is 2.24. The van der Waals surface area contributed by atoms with Crippen LogP contribution >= 0.6 is 0 Å². The van der Waals surface area contributed by atoms with Gasteiger partial charge in [-0.3, -0.25) is 9.59 Å². The van der Waals surface area contributed by atoms with Gasteiger partial charge in [-0.2, -0.15) is 0 Å². The van der Waals surface area contributed by atoms with Gasteiger partial charge in [-0.25, -0.2) is 0 Å². The van der Waals surface area contributed by atoms with Crippen molar-refractivity contribution in [3.05, 3.63) is 90.3 Å². The maximum absolute atomic E-state index is 13.2. The van der Waals surface area contributed by atoms with E-state index in [2.05, 4.69) is 12.2 Å². The molecule has 0 fully saturated rings. The van der Waals surface area contributed by atoms with E-state index >= 15 is 0 Å². The second-order valence-electron chi connectivity index (χ2n) is 6.96. The number of methoxy groups -OCH3 is 1. The molecule has 150 valence electrons. The van der Waals surface area contributed by atoms with Gasteiger partial charge in [0.15, 0.2) is 0 Å². The number of ketones is 1. The van der Waals surface area contributed by atoms with Crippen molar-refractivity contribution in [2.75, 3.05) is 12.4 Å². The van der Waals surface area contributed by atoms with Gasteiger partial charge >= 0.3 is 0 Å². The lowest BCUT2D eigenvalue weighted by Gasteiger charge is -2.09. The fourth-order valence-electron chi connectivity index (χ4n) is 3.47. The van der Waals surface area contributed by atoms with Gasteiger partial charge in [0.2, 0.25) is 0 Å². The lowest BCUT2D eigenvalue weighted by Crippen LogP contribution is -2.24. The van der Waals surface area contributed by atoms with E-state index in [1.54, 1.807) is 17.7 Å². The highest BCUT2D eigenvalue weighted by molar-refractivity contribution is 6.47. The third-order valence-corrected chi connectivity index (χ3v) is 5.12. The number of Topliss-reactive ketones (excluding diaryl/α,β-unsaturated/α-hetero) is 1. The largest absolute Gasteiger partial charge is 0.497 e. The monoisotopic (exact) mass is 398 g/mol. The zero-order valence-electron chi connectivity index (χ0n) is 16.9. The van der Waals surface area contributed by atoms with Crippen molar-refractivity contribution in [1.82, 2.24) is 4.40 Å². The Bertz CT molecular complexity index is 1210. The van der Waals surface area contributed by atoms with Crippen LogP contribution in [0.15, 0.2) is 79.0 Å². The minimum atomic E-state index is -0.669. The third kappa shape index (κ3) is 3.70. The van der Waals surface area contributed by atoms with Gasteiger partial charge in [-0.15, -0.1) is 0 Å². The number of hydrogen-bond donors (Lipinski definition) is 1. The van der Waals surface area contributed by atoms with E-state index in [9.17, 15) is 9.59 Å². The molecule has 5 nitrogen and oxygen atoms in total. The Labute approximate surface area is 174 Å². The molecule has 1 N–H and O–H groups in total. The number of carbonyl (C=O) groups excluding carboxylic acids is 2. The molecule has 4 rings (SSSR count). The number of nitrogens with one attached hydrogen (secondary N) is 1. The van der Waals surface area contributed by atoms with Gasteiger partial charge in [0, 0.05) is 23.0 Å². The van der Waals surface area contributed by atoms with Gasteiger partial charge in [0.25, 0.3) is 11.7 Å². The predicted octanol–water partition coefficient (Wildman–Crippen LogP) is 5.00. The summed E-state index contributed by atoms with van der Waals surface area (Å²) in [5.74, 6) is -0.534. The molecule has 0 atom stereocenters. The van der Waals surface area contributed by atoms with Crippen LogP contribution in [-0.2, 0) is 11.2 Å². The Kier molecular flexibility index (Phi) is 5.35. The molecule has 0 aliphatic heterocycles. The molecule has 0 aliphatic rings. The molecule has 4 aromatic rings. The van der Waals surface area contributed by atoms with E-state index < -0.39 is 11.7 Å². The van der Waals surface area contributed by atoms with E-state index in [4.69, 9.17) is 4.74 Å². The van der Waals surface area contributed by atoms with E-state index in [1.807, 2.05) is 72.8 Å². The molecule has 2 aromatic carbocycles. The van der Waals surface area contributed by atoms with Crippen LogP contribution in [0.1, 0.15) is 23.0 Å². The van der Waals surface area contributed by atoms with Gasteiger partial charge < -0.3 is 14.5 Å². The molecule has 2 heterocycles. The summed E-state index contributed by atoms with van der Waals surface area (Å²) in [5, 5.41) is 2.72. The summed E-state index contributed by atoms with van der Waals surface area (Å²) in [6, 6.07) is 22.5. The number of nitrogens with zero attached hydrogens (tertiary/aromatic N) is 1. The topological polar surface area (TPSA) is 59.8 Å². The van der Waals surface area contributed by atoms with Crippen molar-refractivity contribution in [1.29, 1.82) is 0 Å². The first-order chi connectivity index (χ1) is 14.6.